The highest BCUT2D eigenvalue weighted by Gasteiger charge is 2.34. The van der Waals surface area contributed by atoms with E-state index in [-0.39, 0.29) is 23.5 Å². The second kappa shape index (κ2) is 12.9. The average molecular weight is 537 g/mol. The van der Waals surface area contributed by atoms with E-state index in [0.29, 0.717) is 6.54 Å². The van der Waals surface area contributed by atoms with Gasteiger partial charge in [-0.3, -0.25) is 0 Å². The monoisotopic (exact) mass is 536 g/mol. The second-order valence-electron chi connectivity index (χ2n) is 12.4. The first-order valence-electron chi connectivity index (χ1n) is 14.4. The molecular weight excluding hydrogens is 488 g/mol. The van der Waals surface area contributed by atoms with Crippen LogP contribution in [0, 0.1) is 0 Å². The summed E-state index contributed by atoms with van der Waals surface area (Å²) in [7, 11) is 3.31. The van der Waals surface area contributed by atoms with Crippen LogP contribution >= 0.6 is 0 Å². The Hall–Kier alpha value is -3.02. The van der Waals surface area contributed by atoms with E-state index in [9.17, 15) is 9.59 Å². The number of rotatable bonds is 12. The molecule has 1 fully saturated rings. The number of ether oxygens (including phenoxy) is 2. The van der Waals surface area contributed by atoms with Crippen molar-refractivity contribution < 1.29 is 19.1 Å². The molecule has 39 heavy (non-hydrogen) atoms. The first kappa shape index (κ1) is 30.5. The van der Waals surface area contributed by atoms with Crippen molar-refractivity contribution in [2.45, 2.75) is 104 Å². The van der Waals surface area contributed by atoms with Crippen molar-refractivity contribution >= 4 is 12.0 Å². The summed E-state index contributed by atoms with van der Waals surface area (Å²) in [6, 6.07) is 15.3. The minimum absolute atomic E-state index is 0.108. The number of nitrogens with zero attached hydrogens (tertiary/aromatic N) is 2. The molecule has 3 rings (SSSR count). The minimum Gasteiger partial charge on any atom is -0.476 e. The molecule has 1 atom stereocenters. The van der Waals surface area contributed by atoms with Gasteiger partial charge in [-0.1, -0.05) is 70.5 Å². The summed E-state index contributed by atoms with van der Waals surface area (Å²) in [6.45, 7) is 13.7. The standard InChI is InChI=1S/C33H48N2O4/c1-9-10-13-26-21-24(17-20-29(26)39-33(5,6)30(36)38-8)12-11-14-28-23-35(31(37)34(28)7)22-25-15-18-27(19-16-25)32(2,3)4/h15-21,28H,9-14,22-23H2,1-8H3/t28-/m0/s1. The molecule has 0 spiro atoms. The van der Waals surface area contributed by atoms with Crippen molar-refractivity contribution in [1.82, 2.24) is 9.80 Å². The van der Waals surface area contributed by atoms with E-state index in [1.807, 2.05) is 22.9 Å². The predicted octanol–water partition coefficient (Wildman–Crippen LogP) is 6.92. The first-order valence-corrected chi connectivity index (χ1v) is 14.4. The van der Waals surface area contributed by atoms with Crippen molar-refractivity contribution in [3.63, 3.8) is 0 Å². The number of urea groups is 1. The van der Waals surface area contributed by atoms with Crippen LogP contribution in [0.1, 0.15) is 89.5 Å². The van der Waals surface area contributed by atoms with E-state index in [2.05, 4.69) is 64.1 Å². The van der Waals surface area contributed by atoms with E-state index in [4.69, 9.17) is 9.47 Å². The fraction of sp³-hybridized carbons (Fsp3) is 0.576. The normalized spacial score (nSPS) is 16.1. The van der Waals surface area contributed by atoms with E-state index >= 15 is 0 Å². The Balaban J connectivity index is 1.59. The van der Waals surface area contributed by atoms with Gasteiger partial charge >= 0.3 is 12.0 Å². The van der Waals surface area contributed by atoms with Gasteiger partial charge in [-0.05, 0) is 79.7 Å². The highest BCUT2D eigenvalue weighted by Crippen LogP contribution is 2.29. The van der Waals surface area contributed by atoms with Crippen LogP contribution in [0.3, 0.4) is 0 Å². The second-order valence-corrected chi connectivity index (χ2v) is 12.4. The lowest BCUT2D eigenvalue weighted by Gasteiger charge is -2.25. The van der Waals surface area contributed by atoms with Crippen LogP contribution in [-0.4, -0.2) is 54.1 Å². The number of benzene rings is 2. The zero-order valence-electron chi connectivity index (χ0n) is 25.3. The topological polar surface area (TPSA) is 59.1 Å². The highest BCUT2D eigenvalue weighted by molar-refractivity contribution is 5.79. The summed E-state index contributed by atoms with van der Waals surface area (Å²) in [6.07, 6.45) is 5.94. The molecule has 1 saturated heterocycles. The number of likely N-dealkylation sites (N-methyl/N-ethyl adjacent to an activating group) is 1. The summed E-state index contributed by atoms with van der Waals surface area (Å²) in [5.74, 6) is 0.356. The third-order valence-corrected chi connectivity index (χ3v) is 7.71. The van der Waals surface area contributed by atoms with Crippen LogP contribution in [0.25, 0.3) is 0 Å². The van der Waals surface area contributed by atoms with Gasteiger partial charge in [-0.15, -0.1) is 0 Å². The third kappa shape index (κ3) is 8.00. The summed E-state index contributed by atoms with van der Waals surface area (Å²) in [5.41, 5.74) is 3.94. The van der Waals surface area contributed by atoms with Crippen molar-refractivity contribution in [3.05, 3.63) is 64.7 Å². The zero-order chi connectivity index (χ0) is 28.8. The Morgan fingerprint density at radius 1 is 0.974 bits per heavy atom. The van der Waals surface area contributed by atoms with Gasteiger partial charge in [0.05, 0.1) is 13.2 Å². The molecule has 2 aromatic rings. The van der Waals surface area contributed by atoms with Gasteiger partial charge < -0.3 is 19.3 Å². The predicted molar refractivity (Wildman–Crippen MR) is 157 cm³/mol. The van der Waals surface area contributed by atoms with Crippen LogP contribution in [0.4, 0.5) is 4.79 Å². The Morgan fingerprint density at radius 2 is 1.64 bits per heavy atom. The number of amides is 2. The fourth-order valence-corrected chi connectivity index (χ4v) is 5.14. The number of carbonyl (C=O) groups excluding carboxylic acids is 2. The van der Waals surface area contributed by atoms with Crippen LogP contribution < -0.4 is 4.74 Å². The number of esters is 1. The van der Waals surface area contributed by atoms with Crippen molar-refractivity contribution in [2.24, 2.45) is 0 Å². The summed E-state index contributed by atoms with van der Waals surface area (Å²) < 4.78 is 11.0. The molecule has 2 amide bonds. The molecule has 1 heterocycles. The molecule has 6 nitrogen and oxygen atoms in total. The average Bonchev–Trinajstić information content (AvgIpc) is 3.15. The van der Waals surface area contributed by atoms with Crippen molar-refractivity contribution in [3.8, 4) is 5.75 Å². The van der Waals surface area contributed by atoms with Crippen LogP contribution in [0.5, 0.6) is 5.75 Å². The van der Waals surface area contributed by atoms with Crippen LogP contribution in [-0.2, 0) is 34.3 Å². The Morgan fingerprint density at radius 3 is 2.26 bits per heavy atom. The lowest BCUT2D eigenvalue weighted by Crippen LogP contribution is -2.39. The maximum atomic E-state index is 13.0. The van der Waals surface area contributed by atoms with E-state index in [1.165, 1.54) is 23.8 Å². The maximum Gasteiger partial charge on any atom is 0.349 e. The zero-order valence-corrected chi connectivity index (χ0v) is 25.3. The number of methoxy groups -OCH3 is 1. The number of unbranched alkanes of at least 4 members (excludes halogenated alkanes) is 1. The van der Waals surface area contributed by atoms with Gasteiger partial charge in [0.2, 0.25) is 0 Å². The molecule has 0 N–H and O–H groups in total. The molecule has 0 radical (unpaired) electrons. The summed E-state index contributed by atoms with van der Waals surface area (Å²) in [4.78, 5) is 29.0. The SMILES string of the molecule is CCCCc1cc(CCC[C@H]2CN(Cc3ccc(C(C)(C)C)cc3)C(=O)N2C)ccc1OC(C)(C)C(=O)OC. The lowest BCUT2D eigenvalue weighted by molar-refractivity contribution is -0.156. The van der Waals surface area contributed by atoms with Crippen molar-refractivity contribution in [1.29, 1.82) is 0 Å². The van der Waals surface area contributed by atoms with Crippen molar-refractivity contribution in [2.75, 3.05) is 20.7 Å². The first-order chi connectivity index (χ1) is 18.4. The molecule has 0 aliphatic carbocycles. The van der Waals surface area contributed by atoms with E-state index in [1.54, 1.807) is 13.8 Å². The van der Waals surface area contributed by atoms with Gasteiger partial charge in [0, 0.05) is 20.1 Å². The van der Waals surface area contributed by atoms with E-state index < -0.39 is 5.60 Å². The van der Waals surface area contributed by atoms with E-state index in [0.717, 1.165) is 56.4 Å². The van der Waals surface area contributed by atoms with Gasteiger partial charge in [0.15, 0.2) is 5.60 Å². The fourth-order valence-electron chi connectivity index (χ4n) is 5.14. The van der Waals surface area contributed by atoms with Gasteiger partial charge in [0.1, 0.15) is 5.75 Å². The number of hydrogen-bond acceptors (Lipinski definition) is 4. The van der Waals surface area contributed by atoms with Crippen LogP contribution in [0.2, 0.25) is 0 Å². The number of aryl methyl sites for hydroxylation is 2. The molecule has 0 bridgehead atoms. The van der Waals surface area contributed by atoms with Gasteiger partial charge in [-0.2, -0.15) is 0 Å². The Kier molecular flexibility index (Phi) is 10.1. The molecule has 6 heteroatoms. The largest absolute Gasteiger partial charge is 0.476 e. The molecule has 0 aromatic heterocycles. The van der Waals surface area contributed by atoms with Crippen LogP contribution in [0.15, 0.2) is 42.5 Å². The summed E-state index contributed by atoms with van der Waals surface area (Å²) >= 11 is 0. The number of carbonyl (C=O) groups is 2. The lowest BCUT2D eigenvalue weighted by atomic mass is 9.87. The molecule has 2 aromatic carbocycles. The smallest absolute Gasteiger partial charge is 0.349 e. The molecule has 0 saturated carbocycles. The number of hydrogen-bond donors (Lipinski definition) is 0. The molecule has 214 valence electrons. The maximum absolute atomic E-state index is 13.0. The summed E-state index contributed by atoms with van der Waals surface area (Å²) in [5, 5.41) is 0. The minimum atomic E-state index is -1.04. The molecule has 1 aliphatic rings. The van der Waals surface area contributed by atoms with Gasteiger partial charge in [-0.25, -0.2) is 9.59 Å². The van der Waals surface area contributed by atoms with Gasteiger partial charge in [0.25, 0.3) is 0 Å². The highest BCUT2D eigenvalue weighted by atomic mass is 16.6. The third-order valence-electron chi connectivity index (χ3n) is 7.71. The Bertz CT molecular complexity index is 1120. The molecule has 1 aliphatic heterocycles. The molecule has 0 unspecified atom stereocenters. The Labute approximate surface area is 235 Å². The quantitative estimate of drug-likeness (QED) is 0.276. The molecular formula is C33H48N2O4.